The lowest BCUT2D eigenvalue weighted by Crippen LogP contribution is -2.28. The van der Waals surface area contributed by atoms with Gasteiger partial charge in [0, 0.05) is 6.04 Å². The number of hydrogen-bond donors (Lipinski definition) is 0. The molecule has 1 radical (unpaired) electrons. The van der Waals surface area contributed by atoms with Gasteiger partial charge in [0.05, 0.1) is 6.54 Å². The maximum absolute atomic E-state index is 10.7. The lowest BCUT2D eigenvalue weighted by molar-refractivity contribution is 0.153. The van der Waals surface area contributed by atoms with Gasteiger partial charge < -0.3 is 4.74 Å². The second-order valence-electron chi connectivity index (χ2n) is 2.26. The Balaban J connectivity index is 2.49. The van der Waals surface area contributed by atoms with Crippen LogP contribution in [0.1, 0.15) is 13.8 Å². The normalized spacial score (nSPS) is 19.0. The first-order valence-corrected chi connectivity index (χ1v) is 3.00. The number of amides is 1. The van der Waals surface area contributed by atoms with Crippen LogP contribution in [0.25, 0.3) is 0 Å². The largest absolute Gasteiger partial charge is 0.447 e. The summed E-state index contributed by atoms with van der Waals surface area (Å²) in [5.41, 5.74) is 0. The Labute approximate surface area is 54.6 Å². The van der Waals surface area contributed by atoms with Gasteiger partial charge >= 0.3 is 6.09 Å². The first kappa shape index (κ1) is 6.39. The predicted molar refractivity (Wildman–Crippen MR) is 32.6 cm³/mol. The summed E-state index contributed by atoms with van der Waals surface area (Å²) in [6.07, 6.45) is -0.231. The highest BCUT2D eigenvalue weighted by Crippen LogP contribution is 2.10. The molecule has 1 amide bonds. The second-order valence-corrected chi connectivity index (χ2v) is 2.26. The zero-order chi connectivity index (χ0) is 6.85. The molecule has 0 unspecified atom stereocenters. The number of carbonyl (C=O) groups excluding carboxylic acids is 1. The van der Waals surface area contributed by atoms with Gasteiger partial charge in [-0.15, -0.1) is 0 Å². The quantitative estimate of drug-likeness (QED) is 0.527. The summed E-state index contributed by atoms with van der Waals surface area (Å²) in [5, 5.41) is 0. The number of cyclic esters (lactones) is 1. The topological polar surface area (TPSA) is 29.5 Å². The average molecular weight is 128 g/mol. The van der Waals surface area contributed by atoms with Gasteiger partial charge in [0.25, 0.3) is 0 Å². The van der Waals surface area contributed by atoms with Gasteiger partial charge in [0.2, 0.25) is 0 Å². The van der Waals surface area contributed by atoms with Crippen molar-refractivity contribution in [2.75, 3.05) is 6.61 Å². The second kappa shape index (κ2) is 2.25. The van der Waals surface area contributed by atoms with E-state index in [2.05, 4.69) is 4.74 Å². The lowest BCUT2D eigenvalue weighted by atomic mass is 10.3. The highest BCUT2D eigenvalue weighted by atomic mass is 16.6. The molecule has 1 fully saturated rings. The Bertz CT molecular complexity index is 122. The highest BCUT2D eigenvalue weighted by molar-refractivity contribution is 5.70. The number of hydrogen-bond acceptors (Lipinski definition) is 2. The summed E-state index contributed by atoms with van der Waals surface area (Å²) in [6, 6.07) is 0.222. The SMILES string of the molecule is CC(C)N1[CH]COC1=O. The van der Waals surface area contributed by atoms with Crippen LogP contribution in [0.5, 0.6) is 0 Å². The van der Waals surface area contributed by atoms with E-state index in [0.717, 1.165) is 0 Å². The average Bonchev–Trinajstić information content (AvgIpc) is 2.13. The molecule has 0 atom stereocenters. The Morgan fingerprint density at radius 2 is 2.44 bits per heavy atom. The van der Waals surface area contributed by atoms with Gasteiger partial charge in [0.15, 0.2) is 0 Å². The Hall–Kier alpha value is -0.730. The molecule has 1 aliphatic heterocycles. The molecule has 1 rings (SSSR count). The fourth-order valence-corrected chi connectivity index (χ4v) is 0.760. The predicted octanol–water partition coefficient (Wildman–Crippen LogP) is 1.01. The van der Waals surface area contributed by atoms with Gasteiger partial charge in [0.1, 0.15) is 6.61 Å². The molecule has 3 heteroatoms. The van der Waals surface area contributed by atoms with E-state index in [0.29, 0.717) is 6.61 Å². The first-order chi connectivity index (χ1) is 4.22. The van der Waals surface area contributed by atoms with E-state index in [1.807, 2.05) is 13.8 Å². The van der Waals surface area contributed by atoms with E-state index < -0.39 is 0 Å². The Kier molecular flexibility index (Phi) is 1.60. The van der Waals surface area contributed by atoms with Gasteiger partial charge in [-0.3, -0.25) is 4.90 Å². The smallest absolute Gasteiger partial charge is 0.410 e. The summed E-state index contributed by atoms with van der Waals surface area (Å²) >= 11 is 0. The van der Waals surface area contributed by atoms with Crippen LogP contribution in [0.2, 0.25) is 0 Å². The number of nitrogens with zero attached hydrogens (tertiary/aromatic N) is 1. The number of carbonyl (C=O) groups is 1. The molecule has 0 aromatic rings. The van der Waals surface area contributed by atoms with Crippen molar-refractivity contribution < 1.29 is 9.53 Å². The van der Waals surface area contributed by atoms with Crippen LogP contribution < -0.4 is 0 Å². The molecule has 0 N–H and O–H groups in total. The minimum absolute atomic E-state index is 0.222. The lowest BCUT2D eigenvalue weighted by Gasteiger charge is -2.15. The van der Waals surface area contributed by atoms with Gasteiger partial charge in [-0.05, 0) is 13.8 Å². The van der Waals surface area contributed by atoms with Crippen molar-refractivity contribution in [1.29, 1.82) is 0 Å². The maximum atomic E-state index is 10.7. The molecule has 0 saturated carbocycles. The molecule has 3 nitrogen and oxygen atoms in total. The summed E-state index contributed by atoms with van der Waals surface area (Å²) in [6.45, 7) is 6.08. The molecular formula is C6H10NO2. The fourth-order valence-electron chi connectivity index (χ4n) is 0.760. The number of ether oxygens (including phenoxy) is 1. The first-order valence-electron chi connectivity index (χ1n) is 3.00. The molecule has 0 aliphatic carbocycles. The van der Waals surface area contributed by atoms with Crippen LogP contribution in [-0.4, -0.2) is 23.6 Å². The van der Waals surface area contributed by atoms with Crippen LogP contribution in [0.3, 0.4) is 0 Å². The van der Waals surface area contributed by atoms with Crippen LogP contribution in [0.4, 0.5) is 4.79 Å². The van der Waals surface area contributed by atoms with Crippen molar-refractivity contribution in [3.63, 3.8) is 0 Å². The molecule has 1 heterocycles. The van der Waals surface area contributed by atoms with Crippen molar-refractivity contribution in [2.45, 2.75) is 19.9 Å². The zero-order valence-corrected chi connectivity index (χ0v) is 5.63. The minimum Gasteiger partial charge on any atom is -0.447 e. The molecule has 1 saturated heterocycles. The molecule has 9 heavy (non-hydrogen) atoms. The molecule has 51 valence electrons. The summed E-state index contributed by atoms with van der Waals surface area (Å²) in [7, 11) is 0. The van der Waals surface area contributed by atoms with Gasteiger partial charge in [-0.2, -0.15) is 0 Å². The van der Waals surface area contributed by atoms with Crippen molar-refractivity contribution in [1.82, 2.24) is 4.90 Å². The molecule has 0 bridgehead atoms. The van der Waals surface area contributed by atoms with Crippen molar-refractivity contribution >= 4 is 6.09 Å². The maximum Gasteiger partial charge on any atom is 0.410 e. The summed E-state index contributed by atoms with van der Waals surface area (Å²) in [5.74, 6) is 0. The van der Waals surface area contributed by atoms with E-state index in [4.69, 9.17) is 0 Å². The van der Waals surface area contributed by atoms with Gasteiger partial charge in [-0.1, -0.05) is 0 Å². The fraction of sp³-hybridized carbons (Fsp3) is 0.667. The highest BCUT2D eigenvalue weighted by Gasteiger charge is 2.24. The van der Waals surface area contributed by atoms with E-state index in [1.54, 1.807) is 11.4 Å². The van der Waals surface area contributed by atoms with Crippen LogP contribution in [0, 0.1) is 6.54 Å². The molecule has 0 aromatic carbocycles. The van der Waals surface area contributed by atoms with Crippen molar-refractivity contribution in [2.24, 2.45) is 0 Å². The third-order valence-electron chi connectivity index (χ3n) is 1.25. The van der Waals surface area contributed by atoms with E-state index in [9.17, 15) is 4.79 Å². The van der Waals surface area contributed by atoms with Gasteiger partial charge in [-0.25, -0.2) is 4.79 Å². The van der Waals surface area contributed by atoms with E-state index in [1.165, 1.54) is 0 Å². The minimum atomic E-state index is -0.231. The number of rotatable bonds is 1. The monoisotopic (exact) mass is 128 g/mol. The van der Waals surface area contributed by atoms with Crippen LogP contribution >= 0.6 is 0 Å². The van der Waals surface area contributed by atoms with E-state index >= 15 is 0 Å². The van der Waals surface area contributed by atoms with Crippen LogP contribution in [0.15, 0.2) is 0 Å². The third-order valence-corrected chi connectivity index (χ3v) is 1.25. The third kappa shape index (κ3) is 1.15. The Morgan fingerprint density at radius 1 is 1.78 bits per heavy atom. The summed E-state index contributed by atoms with van der Waals surface area (Å²) < 4.78 is 4.66. The summed E-state index contributed by atoms with van der Waals surface area (Å²) in [4.78, 5) is 12.3. The molecule has 1 aliphatic rings. The molecule has 0 spiro atoms. The molecular weight excluding hydrogens is 118 g/mol. The van der Waals surface area contributed by atoms with Crippen LogP contribution in [-0.2, 0) is 4.74 Å². The Morgan fingerprint density at radius 3 is 2.67 bits per heavy atom. The van der Waals surface area contributed by atoms with Crippen molar-refractivity contribution in [3.8, 4) is 0 Å². The standard InChI is InChI=1S/C6H10NO2/c1-5(2)7-3-4-9-6(7)8/h3,5H,4H2,1-2H3. The molecule has 0 aromatic heterocycles. The van der Waals surface area contributed by atoms with E-state index in [-0.39, 0.29) is 12.1 Å². The van der Waals surface area contributed by atoms with Crippen molar-refractivity contribution in [3.05, 3.63) is 6.54 Å². The zero-order valence-electron chi connectivity index (χ0n) is 5.63.